The average molecular weight is 542 g/mol. The van der Waals surface area contributed by atoms with E-state index in [4.69, 9.17) is 0 Å². The Morgan fingerprint density at radius 1 is 1.14 bits per heavy atom. The second-order valence-electron chi connectivity index (χ2n) is 9.27. The van der Waals surface area contributed by atoms with Crippen LogP contribution >= 0.6 is 11.8 Å². The van der Waals surface area contributed by atoms with E-state index in [1.165, 1.54) is 23.2 Å². The minimum atomic E-state index is -3.71. The van der Waals surface area contributed by atoms with Crippen molar-refractivity contribution in [1.29, 1.82) is 0 Å². The number of thioether (sulfide) groups is 1. The summed E-state index contributed by atoms with van der Waals surface area (Å²) in [6.45, 7) is 0.479. The number of carbonyl (C=O) groups is 2. The lowest BCUT2D eigenvalue weighted by Gasteiger charge is -2.16. The van der Waals surface area contributed by atoms with Crippen molar-refractivity contribution in [2.75, 3.05) is 18.6 Å². The molecule has 0 saturated carbocycles. The Morgan fingerprint density at radius 2 is 1.89 bits per heavy atom. The smallest absolute Gasteiger partial charge is 0.332 e. The van der Waals surface area contributed by atoms with Gasteiger partial charge < -0.3 is 20.5 Å². The molecule has 0 aromatic carbocycles. The molecule has 3 N–H and O–H groups in total. The summed E-state index contributed by atoms with van der Waals surface area (Å²) < 4.78 is 27.5. The van der Waals surface area contributed by atoms with Crippen molar-refractivity contribution in [2.24, 2.45) is 14.1 Å². The molecule has 3 amide bonds. The third kappa shape index (κ3) is 5.16. The molecule has 198 valence electrons. The monoisotopic (exact) mass is 541 g/mol. The molecule has 13 nitrogen and oxygen atoms in total. The van der Waals surface area contributed by atoms with Crippen LogP contribution in [0.2, 0.25) is 0 Å². The molecule has 2 aliphatic heterocycles. The van der Waals surface area contributed by atoms with Crippen molar-refractivity contribution in [3.63, 3.8) is 0 Å². The molecule has 2 aromatic rings. The summed E-state index contributed by atoms with van der Waals surface area (Å²) in [5.41, 5.74) is -1.18. The van der Waals surface area contributed by atoms with Crippen LogP contribution < -0.4 is 27.2 Å². The molecule has 2 fully saturated rings. The molecule has 0 radical (unpaired) electrons. The fourth-order valence-corrected chi connectivity index (χ4v) is 7.15. The Hall–Kier alpha value is -2.81. The van der Waals surface area contributed by atoms with Gasteiger partial charge in [-0.15, -0.1) is 0 Å². The molecule has 0 spiro atoms. The zero-order chi connectivity index (χ0) is 26.2. The predicted molar refractivity (Wildman–Crippen MR) is 135 cm³/mol. The van der Waals surface area contributed by atoms with Crippen LogP contribution in [-0.4, -0.2) is 74.9 Å². The highest BCUT2D eigenvalue weighted by molar-refractivity contribution is 8.00. The number of urea groups is 1. The van der Waals surface area contributed by atoms with Crippen LogP contribution in [0.1, 0.15) is 32.1 Å². The molecule has 2 aliphatic rings. The van der Waals surface area contributed by atoms with E-state index in [9.17, 15) is 27.6 Å². The highest BCUT2D eigenvalue weighted by Crippen LogP contribution is 2.33. The van der Waals surface area contributed by atoms with Crippen molar-refractivity contribution in [2.45, 2.75) is 61.1 Å². The number of sulfone groups is 1. The van der Waals surface area contributed by atoms with Crippen LogP contribution in [0.5, 0.6) is 0 Å². The largest absolute Gasteiger partial charge is 0.356 e. The van der Waals surface area contributed by atoms with Gasteiger partial charge in [0, 0.05) is 50.9 Å². The Kier molecular flexibility index (Phi) is 7.50. The first kappa shape index (κ1) is 26.3. The number of imidazole rings is 1. The summed E-state index contributed by atoms with van der Waals surface area (Å²) >= 11 is 1.85. The van der Waals surface area contributed by atoms with E-state index in [1.807, 2.05) is 11.8 Å². The Balaban J connectivity index is 1.27. The lowest BCUT2D eigenvalue weighted by molar-refractivity contribution is -0.121. The number of nitrogens with zero attached hydrogens (tertiary/aromatic N) is 4. The summed E-state index contributed by atoms with van der Waals surface area (Å²) in [5.74, 6) is 0.825. The van der Waals surface area contributed by atoms with Crippen LogP contribution in [-0.2, 0) is 35.3 Å². The average Bonchev–Trinajstić information content (AvgIpc) is 3.47. The number of unbranched alkanes of at least 4 members (excludes halogenated alkanes) is 1. The van der Waals surface area contributed by atoms with Crippen molar-refractivity contribution in [3.8, 4) is 0 Å². The third-order valence-electron chi connectivity index (χ3n) is 6.61. The zero-order valence-corrected chi connectivity index (χ0v) is 22.1. The van der Waals surface area contributed by atoms with Gasteiger partial charge in [0.15, 0.2) is 11.2 Å². The van der Waals surface area contributed by atoms with Crippen molar-refractivity contribution < 1.29 is 18.0 Å². The molecule has 2 unspecified atom stereocenters. The molecular weight excluding hydrogens is 510 g/mol. The first-order valence-corrected chi connectivity index (χ1v) is 14.7. The second-order valence-corrected chi connectivity index (χ2v) is 12.4. The van der Waals surface area contributed by atoms with Crippen LogP contribution in [0, 0.1) is 0 Å². The van der Waals surface area contributed by atoms with Crippen LogP contribution in [0.15, 0.2) is 14.7 Å². The number of hydrogen-bond donors (Lipinski definition) is 3. The van der Waals surface area contributed by atoms with E-state index >= 15 is 0 Å². The number of hydrogen-bond acceptors (Lipinski definition) is 8. The second kappa shape index (κ2) is 10.3. The highest BCUT2D eigenvalue weighted by atomic mass is 32.2. The minimum Gasteiger partial charge on any atom is -0.356 e. The molecule has 3 atom stereocenters. The fraction of sp³-hybridized carbons (Fsp3) is 0.667. The Morgan fingerprint density at radius 3 is 2.61 bits per heavy atom. The van der Waals surface area contributed by atoms with E-state index < -0.39 is 21.1 Å². The quantitative estimate of drug-likeness (QED) is 0.256. The normalized spacial score (nSPS) is 21.4. The van der Waals surface area contributed by atoms with Crippen molar-refractivity contribution in [1.82, 2.24) is 34.6 Å². The molecule has 2 saturated heterocycles. The number of nitrogens with one attached hydrogen (secondary N) is 3. The number of carbonyl (C=O) groups excluding carboxylic acids is 2. The molecule has 0 bridgehead atoms. The number of rotatable bonds is 10. The number of fused-ring (bicyclic) bond motifs is 2. The van der Waals surface area contributed by atoms with Gasteiger partial charge >= 0.3 is 11.7 Å². The van der Waals surface area contributed by atoms with Gasteiger partial charge in [-0.05, 0) is 19.3 Å². The molecule has 36 heavy (non-hydrogen) atoms. The molecular formula is C21H31N7O6S2. The van der Waals surface area contributed by atoms with Gasteiger partial charge in [0.05, 0.1) is 12.1 Å². The number of aromatic nitrogens is 4. The number of aryl methyl sites for hydroxylation is 2. The molecule has 4 heterocycles. The summed E-state index contributed by atoms with van der Waals surface area (Å²) in [4.78, 5) is 53.0. The van der Waals surface area contributed by atoms with Gasteiger partial charge in [0.1, 0.15) is 0 Å². The predicted octanol–water partition coefficient (Wildman–Crippen LogP) is -0.931. The fourth-order valence-electron chi connectivity index (χ4n) is 4.77. The minimum absolute atomic E-state index is 0.0121. The number of amides is 3. The van der Waals surface area contributed by atoms with E-state index in [2.05, 4.69) is 20.9 Å². The van der Waals surface area contributed by atoms with Crippen molar-refractivity contribution >= 4 is 44.7 Å². The zero-order valence-electron chi connectivity index (χ0n) is 20.4. The summed E-state index contributed by atoms with van der Waals surface area (Å²) in [6, 6.07) is 0.256. The maximum absolute atomic E-state index is 12.7. The van der Waals surface area contributed by atoms with E-state index in [1.54, 1.807) is 0 Å². The van der Waals surface area contributed by atoms with E-state index in [0.29, 0.717) is 24.6 Å². The van der Waals surface area contributed by atoms with Crippen LogP contribution in [0.3, 0.4) is 0 Å². The van der Waals surface area contributed by atoms with E-state index in [-0.39, 0.29) is 46.9 Å². The van der Waals surface area contributed by atoms with Gasteiger partial charge in [0.2, 0.25) is 20.9 Å². The standard InChI is InChI=1S/C21H31N7O6S2/c1-26-16-17(25-20(26)36(3,33)34)28(21(32)27(2)18(16)30)10-6-9-22-14(29)8-5-4-7-13-15-12(11-35-13)23-19(31)24-15/h12-13,15H,4-11H2,1-3H3,(H,22,29)(H2,23,24,31)/t12?,13-,15?/m1/s1. The van der Waals surface area contributed by atoms with Gasteiger partial charge in [-0.1, -0.05) is 6.42 Å². The van der Waals surface area contributed by atoms with Crippen molar-refractivity contribution in [3.05, 3.63) is 20.8 Å². The first-order chi connectivity index (χ1) is 17.0. The molecule has 4 rings (SSSR count). The maximum Gasteiger partial charge on any atom is 0.332 e. The third-order valence-corrected chi connectivity index (χ3v) is 9.15. The lowest BCUT2D eigenvalue weighted by Crippen LogP contribution is -2.39. The SMILES string of the molecule is Cn1c(=O)c2c(nc(S(C)(=O)=O)n2C)n(CCCNC(=O)CCCC[C@H]2SCC3NC(=O)NC32)c1=O. The summed E-state index contributed by atoms with van der Waals surface area (Å²) in [6.07, 6.45) is 4.34. The highest BCUT2D eigenvalue weighted by Gasteiger charge is 2.42. The lowest BCUT2D eigenvalue weighted by atomic mass is 10.0. The van der Waals surface area contributed by atoms with Gasteiger partial charge in [-0.2, -0.15) is 16.7 Å². The molecule has 15 heteroatoms. The first-order valence-electron chi connectivity index (χ1n) is 11.8. The van der Waals surface area contributed by atoms with Crippen LogP contribution in [0.25, 0.3) is 11.2 Å². The van der Waals surface area contributed by atoms with Crippen LogP contribution in [0.4, 0.5) is 4.79 Å². The topological polar surface area (TPSA) is 166 Å². The van der Waals surface area contributed by atoms with Gasteiger partial charge in [-0.25, -0.2) is 18.0 Å². The Labute approximate surface area is 211 Å². The maximum atomic E-state index is 12.7. The van der Waals surface area contributed by atoms with E-state index in [0.717, 1.165) is 35.8 Å². The Bertz CT molecular complexity index is 1410. The molecule has 0 aliphatic carbocycles. The summed E-state index contributed by atoms with van der Waals surface area (Å²) in [7, 11) is -0.953. The summed E-state index contributed by atoms with van der Waals surface area (Å²) in [5, 5.41) is 8.80. The van der Waals surface area contributed by atoms with Gasteiger partial charge in [-0.3, -0.25) is 18.7 Å². The van der Waals surface area contributed by atoms with Gasteiger partial charge in [0.25, 0.3) is 5.56 Å². The molecule has 2 aromatic heterocycles.